The molecule has 1 aliphatic heterocycles. The summed E-state index contributed by atoms with van der Waals surface area (Å²) in [6.45, 7) is 2.47. The smallest absolute Gasteiger partial charge is 0.306 e. The third-order valence-electron chi connectivity index (χ3n) is 6.28. The Balaban J connectivity index is 1.52. The van der Waals surface area contributed by atoms with Gasteiger partial charge in [-0.1, -0.05) is 44.6 Å². The van der Waals surface area contributed by atoms with Crippen molar-refractivity contribution in [3.63, 3.8) is 0 Å². The van der Waals surface area contributed by atoms with Crippen molar-refractivity contribution in [2.75, 3.05) is 25.0 Å². The molecule has 3 rings (SSSR count). The van der Waals surface area contributed by atoms with Crippen LogP contribution in [0.2, 0.25) is 0 Å². The number of nitrogens with one attached hydrogen (secondary N) is 1. The third kappa shape index (κ3) is 6.77. The van der Waals surface area contributed by atoms with Gasteiger partial charge in [-0.05, 0) is 49.8 Å². The molecule has 1 aliphatic carbocycles. The summed E-state index contributed by atoms with van der Waals surface area (Å²) in [7, 11) is -3.58. The maximum atomic E-state index is 12.9. The number of hydrogen-bond donors (Lipinski definition) is 1. The molecule has 7 nitrogen and oxygen atoms in total. The molecule has 1 aromatic carbocycles. The van der Waals surface area contributed by atoms with Crippen LogP contribution in [-0.2, 0) is 24.3 Å². The molecule has 0 atom stereocenters. The van der Waals surface area contributed by atoms with Crippen LogP contribution in [-0.4, -0.2) is 44.3 Å². The van der Waals surface area contributed by atoms with E-state index in [1.165, 1.54) is 42.5 Å². The predicted octanol–water partition coefficient (Wildman–Crippen LogP) is 4.01. The van der Waals surface area contributed by atoms with Crippen LogP contribution in [0.4, 0.5) is 5.69 Å². The predicted molar refractivity (Wildman–Crippen MR) is 119 cm³/mol. The zero-order chi connectivity index (χ0) is 22.3. The third-order valence-corrected chi connectivity index (χ3v) is 8.18. The number of nitrogens with zero attached hydrogens (tertiary/aromatic N) is 1. The van der Waals surface area contributed by atoms with E-state index in [1.807, 2.05) is 0 Å². The van der Waals surface area contributed by atoms with E-state index in [9.17, 15) is 18.0 Å². The van der Waals surface area contributed by atoms with E-state index in [2.05, 4.69) is 5.32 Å². The molecule has 172 valence electrons. The SMILES string of the molecule is Cc1ccc(S(=O)(=O)N2CCCCC2)cc1NC(=O)COC(=O)CCC1CCCCC1. The summed E-state index contributed by atoms with van der Waals surface area (Å²) >= 11 is 0. The molecule has 8 heteroatoms. The van der Waals surface area contributed by atoms with Crippen molar-refractivity contribution < 1.29 is 22.7 Å². The van der Waals surface area contributed by atoms with Gasteiger partial charge < -0.3 is 10.1 Å². The second-order valence-electron chi connectivity index (χ2n) is 8.69. The Labute approximate surface area is 185 Å². The number of carbonyl (C=O) groups excluding carboxylic acids is 2. The summed E-state index contributed by atoms with van der Waals surface area (Å²) in [6, 6.07) is 4.74. The van der Waals surface area contributed by atoms with Gasteiger partial charge in [-0.3, -0.25) is 9.59 Å². The minimum atomic E-state index is -3.58. The Morgan fingerprint density at radius 3 is 2.45 bits per heavy atom. The van der Waals surface area contributed by atoms with E-state index in [0.29, 0.717) is 31.1 Å². The minimum Gasteiger partial charge on any atom is -0.456 e. The first kappa shape index (κ1) is 23.7. The lowest BCUT2D eigenvalue weighted by Crippen LogP contribution is -2.35. The molecular formula is C23H34N2O5S. The van der Waals surface area contributed by atoms with Gasteiger partial charge in [0.05, 0.1) is 4.90 Å². The summed E-state index contributed by atoms with van der Waals surface area (Å²) in [5, 5.41) is 2.69. The molecule has 1 N–H and O–H groups in total. The maximum Gasteiger partial charge on any atom is 0.306 e. The van der Waals surface area contributed by atoms with Gasteiger partial charge in [-0.25, -0.2) is 8.42 Å². The normalized spacial score (nSPS) is 18.5. The molecule has 0 bridgehead atoms. The number of anilines is 1. The Morgan fingerprint density at radius 1 is 1.06 bits per heavy atom. The van der Waals surface area contributed by atoms with Crippen molar-refractivity contribution >= 4 is 27.6 Å². The van der Waals surface area contributed by atoms with Gasteiger partial charge in [0.2, 0.25) is 10.0 Å². The van der Waals surface area contributed by atoms with E-state index in [0.717, 1.165) is 31.2 Å². The van der Waals surface area contributed by atoms with Crippen molar-refractivity contribution in [3.05, 3.63) is 23.8 Å². The van der Waals surface area contributed by atoms with Crippen LogP contribution in [0.5, 0.6) is 0 Å². The van der Waals surface area contributed by atoms with E-state index >= 15 is 0 Å². The number of hydrogen-bond acceptors (Lipinski definition) is 5. The van der Waals surface area contributed by atoms with Gasteiger partial charge in [0.15, 0.2) is 6.61 Å². The largest absolute Gasteiger partial charge is 0.456 e. The maximum absolute atomic E-state index is 12.9. The average molecular weight is 451 g/mol. The molecule has 1 heterocycles. The number of esters is 1. The van der Waals surface area contributed by atoms with Gasteiger partial charge in [-0.2, -0.15) is 4.31 Å². The summed E-state index contributed by atoms with van der Waals surface area (Å²) in [4.78, 5) is 24.4. The molecule has 31 heavy (non-hydrogen) atoms. The van der Waals surface area contributed by atoms with Crippen LogP contribution in [0.25, 0.3) is 0 Å². The van der Waals surface area contributed by atoms with E-state index in [-0.39, 0.29) is 17.5 Å². The minimum absolute atomic E-state index is 0.166. The first-order valence-corrected chi connectivity index (χ1v) is 12.9. The van der Waals surface area contributed by atoms with Crippen LogP contribution in [0, 0.1) is 12.8 Å². The van der Waals surface area contributed by atoms with Gasteiger partial charge >= 0.3 is 5.97 Å². The molecular weight excluding hydrogens is 416 g/mol. The van der Waals surface area contributed by atoms with Crippen LogP contribution in [0.15, 0.2) is 23.1 Å². The zero-order valence-corrected chi connectivity index (χ0v) is 19.2. The lowest BCUT2D eigenvalue weighted by Gasteiger charge is -2.26. The molecule has 1 saturated heterocycles. The van der Waals surface area contributed by atoms with Crippen LogP contribution < -0.4 is 5.32 Å². The number of amides is 1. The highest BCUT2D eigenvalue weighted by molar-refractivity contribution is 7.89. The second kappa shape index (κ2) is 11.1. The molecule has 0 aromatic heterocycles. The number of sulfonamides is 1. The fraction of sp³-hybridized carbons (Fsp3) is 0.652. The number of aryl methyl sites for hydroxylation is 1. The summed E-state index contributed by atoms with van der Waals surface area (Å²) in [5.74, 6) is -0.247. The highest BCUT2D eigenvalue weighted by Gasteiger charge is 2.26. The zero-order valence-electron chi connectivity index (χ0n) is 18.4. The highest BCUT2D eigenvalue weighted by atomic mass is 32.2. The van der Waals surface area contributed by atoms with E-state index < -0.39 is 15.9 Å². The highest BCUT2D eigenvalue weighted by Crippen LogP contribution is 2.27. The van der Waals surface area contributed by atoms with Crippen molar-refractivity contribution in [2.24, 2.45) is 5.92 Å². The fourth-order valence-electron chi connectivity index (χ4n) is 4.35. The number of benzene rings is 1. The van der Waals surface area contributed by atoms with E-state index in [4.69, 9.17) is 4.74 Å². The first-order chi connectivity index (χ1) is 14.9. The lowest BCUT2D eigenvalue weighted by molar-refractivity contribution is -0.147. The van der Waals surface area contributed by atoms with Crippen LogP contribution in [0.1, 0.15) is 69.8 Å². The molecule has 2 fully saturated rings. The fourth-order valence-corrected chi connectivity index (χ4v) is 5.90. The van der Waals surface area contributed by atoms with Gasteiger partial charge in [0.25, 0.3) is 5.91 Å². The quantitative estimate of drug-likeness (QED) is 0.604. The standard InChI is InChI=1S/C23H34N2O5S/c1-18-10-12-20(31(28,29)25-14-6-3-7-15-25)16-21(18)24-22(26)17-30-23(27)13-11-19-8-4-2-5-9-19/h10,12,16,19H,2-9,11,13-15,17H2,1H3,(H,24,26). The van der Waals surface area contributed by atoms with E-state index in [1.54, 1.807) is 19.1 Å². The number of carbonyl (C=O) groups is 2. The van der Waals surface area contributed by atoms with Crippen LogP contribution >= 0.6 is 0 Å². The summed E-state index contributed by atoms with van der Waals surface area (Å²) in [5.41, 5.74) is 1.16. The first-order valence-electron chi connectivity index (χ1n) is 11.4. The van der Waals surface area contributed by atoms with Crippen molar-refractivity contribution in [1.82, 2.24) is 4.31 Å². The lowest BCUT2D eigenvalue weighted by atomic mass is 9.86. The van der Waals surface area contributed by atoms with Crippen molar-refractivity contribution in [2.45, 2.75) is 76.0 Å². The number of rotatable bonds is 8. The number of piperidine rings is 1. The summed E-state index contributed by atoms with van der Waals surface area (Å²) < 4.78 is 32.4. The second-order valence-corrected chi connectivity index (χ2v) is 10.6. The molecule has 1 saturated carbocycles. The molecule has 2 aliphatic rings. The summed E-state index contributed by atoms with van der Waals surface area (Å²) in [6.07, 6.45) is 10.00. The Morgan fingerprint density at radius 2 is 1.74 bits per heavy atom. The van der Waals surface area contributed by atoms with Crippen molar-refractivity contribution in [3.8, 4) is 0 Å². The number of ether oxygens (including phenoxy) is 1. The van der Waals surface area contributed by atoms with Crippen LogP contribution in [0.3, 0.4) is 0 Å². The Kier molecular flexibility index (Phi) is 8.49. The van der Waals surface area contributed by atoms with Gasteiger partial charge in [-0.15, -0.1) is 0 Å². The Hall–Kier alpha value is -1.93. The average Bonchev–Trinajstić information content (AvgIpc) is 2.79. The van der Waals surface area contributed by atoms with Gasteiger partial charge in [0.1, 0.15) is 0 Å². The monoisotopic (exact) mass is 450 g/mol. The molecule has 0 spiro atoms. The molecule has 1 amide bonds. The molecule has 1 aromatic rings. The van der Waals surface area contributed by atoms with Gasteiger partial charge in [0, 0.05) is 25.2 Å². The molecule has 0 unspecified atom stereocenters. The Bertz CT molecular complexity index is 872. The molecule has 0 radical (unpaired) electrons. The van der Waals surface area contributed by atoms with Crippen molar-refractivity contribution in [1.29, 1.82) is 0 Å². The topological polar surface area (TPSA) is 92.8 Å².